The summed E-state index contributed by atoms with van der Waals surface area (Å²) in [6.07, 6.45) is 7.27. The van der Waals surface area contributed by atoms with Crippen LogP contribution >= 0.6 is 0 Å². The van der Waals surface area contributed by atoms with E-state index < -0.39 is 5.91 Å². The van der Waals surface area contributed by atoms with Gasteiger partial charge in [0.25, 0.3) is 5.91 Å². The SMILES string of the molecule is COc1cccc(C=NNC(=O)c2nnn(-c3nonc3N)c2CN(C)C2CCCCC2)c1OC. The number of para-hydroxylation sites is 1. The summed E-state index contributed by atoms with van der Waals surface area (Å²) in [5.41, 5.74) is 9.63. The Kier molecular flexibility index (Phi) is 7.55. The second-order valence-corrected chi connectivity index (χ2v) is 8.26. The molecule has 13 heteroatoms. The molecule has 1 saturated carbocycles. The lowest BCUT2D eigenvalue weighted by atomic mass is 9.94. The van der Waals surface area contributed by atoms with Crippen LogP contribution in [-0.2, 0) is 6.54 Å². The number of carbonyl (C=O) groups excluding carboxylic acids is 1. The van der Waals surface area contributed by atoms with Crippen molar-refractivity contribution in [1.82, 2.24) is 35.6 Å². The lowest BCUT2D eigenvalue weighted by Gasteiger charge is -2.31. The Labute approximate surface area is 202 Å². The summed E-state index contributed by atoms with van der Waals surface area (Å²) < 4.78 is 16.8. The van der Waals surface area contributed by atoms with E-state index in [1.165, 1.54) is 37.3 Å². The molecule has 0 radical (unpaired) electrons. The molecule has 2 heterocycles. The van der Waals surface area contributed by atoms with Crippen LogP contribution < -0.4 is 20.6 Å². The van der Waals surface area contributed by atoms with Gasteiger partial charge in [0.15, 0.2) is 17.2 Å². The summed E-state index contributed by atoms with van der Waals surface area (Å²) in [6.45, 7) is 0.403. The Hall–Kier alpha value is -4.00. The van der Waals surface area contributed by atoms with Gasteiger partial charge in [0.1, 0.15) is 0 Å². The van der Waals surface area contributed by atoms with Gasteiger partial charge in [-0.1, -0.05) is 30.5 Å². The lowest BCUT2D eigenvalue weighted by Crippen LogP contribution is -2.34. The number of amides is 1. The fourth-order valence-electron chi connectivity index (χ4n) is 4.24. The van der Waals surface area contributed by atoms with Crippen LogP contribution in [0.15, 0.2) is 27.9 Å². The highest BCUT2D eigenvalue weighted by atomic mass is 16.6. The van der Waals surface area contributed by atoms with E-state index in [4.69, 9.17) is 19.8 Å². The zero-order valence-corrected chi connectivity index (χ0v) is 20.0. The molecule has 0 saturated heterocycles. The van der Waals surface area contributed by atoms with Crippen molar-refractivity contribution in [3.8, 4) is 17.3 Å². The van der Waals surface area contributed by atoms with E-state index in [9.17, 15) is 4.79 Å². The number of benzene rings is 1. The number of methoxy groups -OCH3 is 2. The van der Waals surface area contributed by atoms with Crippen LogP contribution in [0.5, 0.6) is 11.5 Å². The third-order valence-corrected chi connectivity index (χ3v) is 6.07. The number of nitrogens with one attached hydrogen (secondary N) is 1. The molecule has 1 aliphatic rings. The van der Waals surface area contributed by atoms with Crippen LogP contribution in [0.3, 0.4) is 0 Å². The van der Waals surface area contributed by atoms with E-state index in [0.717, 1.165) is 12.8 Å². The van der Waals surface area contributed by atoms with Crippen molar-refractivity contribution in [2.24, 2.45) is 5.10 Å². The summed E-state index contributed by atoms with van der Waals surface area (Å²) >= 11 is 0. The van der Waals surface area contributed by atoms with Crippen molar-refractivity contribution < 1.29 is 18.9 Å². The molecule has 0 spiro atoms. The third-order valence-electron chi connectivity index (χ3n) is 6.07. The van der Waals surface area contributed by atoms with E-state index in [2.05, 4.69) is 36.1 Å². The third kappa shape index (κ3) is 5.24. The molecule has 2 aromatic heterocycles. The maximum atomic E-state index is 13.1. The molecule has 186 valence electrons. The van der Waals surface area contributed by atoms with Crippen LogP contribution in [0, 0.1) is 0 Å². The number of nitrogens with zero attached hydrogens (tertiary/aromatic N) is 7. The molecule has 4 rings (SSSR count). The average molecular weight is 484 g/mol. The zero-order chi connectivity index (χ0) is 24.8. The highest BCUT2D eigenvalue weighted by Gasteiger charge is 2.27. The fraction of sp³-hybridized carbons (Fsp3) is 0.455. The largest absolute Gasteiger partial charge is 0.493 e. The minimum Gasteiger partial charge on any atom is -0.493 e. The molecule has 1 aromatic carbocycles. The first-order valence-electron chi connectivity index (χ1n) is 11.3. The second-order valence-electron chi connectivity index (χ2n) is 8.26. The van der Waals surface area contributed by atoms with E-state index >= 15 is 0 Å². The maximum absolute atomic E-state index is 13.1. The second kappa shape index (κ2) is 11.0. The topological polar surface area (TPSA) is 159 Å². The van der Waals surface area contributed by atoms with Crippen molar-refractivity contribution in [3.63, 3.8) is 0 Å². The molecule has 0 unspecified atom stereocenters. The highest BCUT2D eigenvalue weighted by molar-refractivity contribution is 5.94. The van der Waals surface area contributed by atoms with Crippen molar-refractivity contribution in [1.29, 1.82) is 0 Å². The van der Waals surface area contributed by atoms with Crippen LogP contribution in [0.2, 0.25) is 0 Å². The molecule has 1 aliphatic carbocycles. The highest BCUT2D eigenvalue weighted by Crippen LogP contribution is 2.29. The number of carbonyl (C=O) groups is 1. The molecule has 3 N–H and O–H groups in total. The van der Waals surface area contributed by atoms with E-state index in [-0.39, 0.29) is 17.3 Å². The van der Waals surface area contributed by atoms with E-state index in [1.54, 1.807) is 25.3 Å². The first-order chi connectivity index (χ1) is 17.0. The quantitative estimate of drug-likeness (QED) is 0.339. The predicted molar refractivity (Wildman–Crippen MR) is 127 cm³/mol. The number of anilines is 1. The average Bonchev–Trinajstić information content (AvgIpc) is 3.49. The zero-order valence-electron chi connectivity index (χ0n) is 20.0. The summed E-state index contributed by atoms with van der Waals surface area (Å²) in [6, 6.07) is 5.76. The van der Waals surface area contributed by atoms with Gasteiger partial charge in [-0.3, -0.25) is 9.69 Å². The number of nitrogen functional groups attached to an aromatic ring is 1. The molecule has 35 heavy (non-hydrogen) atoms. The monoisotopic (exact) mass is 483 g/mol. The number of ether oxygens (including phenoxy) is 2. The molecular formula is C22H29N9O4. The minimum atomic E-state index is -0.531. The summed E-state index contributed by atoms with van der Waals surface area (Å²) in [5.74, 6) is 0.747. The van der Waals surface area contributed by atoms with Crippen LogP contribution in [-0.4, -0.2) is 69.6 Å². The van der Waals surface area contributed by atoms with Gasteiger partial charge in [-0.2, -0.15) is 9.78 Å². The number of rotatable bonds is 9. The van der Waals surface area contributed by atoms with Crippen LogP contribution in [0.4, 0.5) is 5.82 Å². The normalized spacial score (nSPS) is 14.5. The van der Waals surface area contributed by atoms with Gasteiger partial charge in [0, 0.05) is 18.2 Å². The molecular weight excluding hydrogens is 454 g/mol. The Morgan fingerprint density at radius 3 is 2.77 bits per heavy atom. The van der Waals surface area contributed by atoms with Gasteiger partial charge in [-0.25, -0.2) is 10.1 Å². The Balaban J connectivity index is 1.58. The molecule has 1 fully saturated rings. The van der Waals surface area contributed by atoms with Gasteiger partial charge >= 0.3 is 0 Å². The summed E-state index contributed by atoms with van der Waals surface area (Å²) in [4.78, 5) is 15.2. The smallest absolute Gasteiger partial charge is 0.293 e. The Morgan fingerprint density at radius 1 is 1.29 bits per heavy atom. The van der Waals surface area contributed by atoms with Crippen molar-refractivity contribution >= 4 is 17.9 Å². The predicted octanol–water partition coefficient (Wildman–Crippen LogP) is 1.78. The van der Waals surface area contributed by atoms with Crippen molar-refractivity contribution in [3.05, 3.63) is 35.2 Å². The lowest BCUT2D eigenvalue weighted by molar-refractivity contribution is 0.0947. The number of nitrogens with two attached hydrogens (primary N) is 1. The van der Waals surface area contributed by atoms with Gasteiger partial charge in [0.05, 0.1) is 26.1 Å². The van der Waals surface area contributed by atoms with Gasteiger partial charge < -0.3 is 15.2 Å². The Morgan fingerprint density at radius 2 is 2.09 bits per heavy atom. The summed E-state index contributed by atoms with van der Waals surface area (Å²) in [5, 5.41) is 19.7. The molecule has 13 nitrogen and oxygen atoms in total. The van der Waals surface area contributed by atoms with Crippen LogP contribution in [0.1, 0.15) is 53.8 Å². The van der Waals surface area contributed by atoms with Crippen molar-refractivity contribution in [2.75, 3.05) is 27.0 Å². The standard InChI is InChI=1S/C22H29N9O4/c1-30(15-9-5-4-6-10-15)13-16-18(25-29-31(16)21-20(23)27-35-28-21)22(32)26-24-12-14-8-7-11-17(33-2)19(14)34-3/h7-8,11-12,15H,4-6,9-10,13H2,1-3H3,(H2,23,27)(H,26,32). The molecule has 3 aromatic rings. The van der Waals surface area contributed by atoms with Gasteiger partial charge in [-0.05, 0) is 42.3 Å². The number of aromatic nitrogens is 5. The van der Waals surface area contributed by atoms with Crippen molar-refractivity contribution in [2.45, 2.75) is 44.7 Å². The number of hydrogen-bond donors (Lipinski definition) is 2. The molecule has 0 aliphatic heterocycles. The van der Waals surface area contributed by atoms with Gasteiger partial charge in [0.2, 0.25) is 11.6 Å². The maximum Gasteiger partial charge on any atom is 0.293 e. The van der Waals surface area contributed by atoms with E-state index in [0.29, 0.717) is 35.3 Å². The number of hydrogen-bond acceptors (Lipinski definition) is 11. The Bertz CT molecular complexity index is 1180. The summed E-state index contributed by atoms with van der Waals surface area (Å²) in [7, 11) is 5.10. The number of hydrazone groups is 1. The van der Waals surface area contributed by atoms with Gasteiger partial charge in [-0.15, -0.1) is 5.10 Å². The minimum absolute atomic E-state index is 0.0477. The molecule has 0 bridgehead atoms. The fourth-order valence-corrected chi connectivity index (χ4v) is 4.24. The van der Waals surface area contributed by atoms with Crippen LogP contribution in [0.25, 0.3) is 5.82 Å². The molecule has 0 atom stereocenters. The molecule has 1 amide bonds. The van der Waals surface area contributed by atoms with E-state index in [1.807, 2.05) is 7.05 Å². The first kappa shape index (κ1) is 24.1. The first-order valence-corrected chi connectivity index (χ1v) is 11.3.